The summed E-state index contributed by atoms with van der Waals surface area (Å²) in [5.41, 5.74) is 0. The van der Waals surface area contributed by atoms with E-state index in [1.54, 1.807) is 0 Å². The van der Waals surface area contributed by atoms with E-state index in [2.05, 4.69) is 34.6 Å². The third-order valence-electron chi connectivity index (χ3n) is 2.84. The number of rotatable bonds is 4. The van der Waals surface area contributed by atoms with Crippen LogP contribution >= 0.6 is 0 Å². The highest BCUT2D eigenvalue weighted by Gasteiger charge is 2.22. The lowest BCUT2D eigenvalue weighted by Gasteiger charge is -2.20. The molecule has 0 aliphatic rings. The molecule has 0 fully saturated rings. The Morgan fingerprint density at radius 2 is 1.40 bits per heavy atom. The molecule has 0 radical (unpaired) electrons. The van der Waals surface area contributed by atoms with Crippen LogP contribution in [-0.4, -0.2) is 14.1 Å². The zero-order valence-electron chi connectivity index (χ0n) is 8.15. The molecule has 0 aliphatic carbocycles. The van der Waals surface area contributed by atoms with Gasteiger partial charge in [0.25, 0.3) is 14.1 Å². The summed E-state index contributed by atoms with van der Waals surface area (Å²) in [6, 6.07) is 0. The van der Waals surface area contributed by atoms with Crippen LogP contribution in [-0.2, 0) is 0 Å². The highest BCUT2D eigenvalue weighted by Crippen LogP contribution is 2.24. The molecule has 0 aromatic carbocycles. The highest BCUT2D eigenvalue weighted by atomic mass is 27.2. The third-order valence-corrected chi connectivity index (χ3v) is 7.20. The van der Waals surface area contributed by atoms with E-state index in [1.807, 2.05) is 0 Å². The van der Waals surface area contributed by atoms with E-state index in [0.717, 1.165) is 10.7 Å². The first-order valence-corrected chi connectivity index (χ1v) is 6.93. The minimum absolute atomic E-state index is 0.344. The molecule has 0 amide bonds. The molecule has 1 atom stereocenters. The average Bonchev–Trinajstić information content (AvgIpc) is 1.90. The molecule has 0 nitrogen and oxygen atoms in total. The first-order chi connectivity index (χ1) is 4.63. The van der Waals surface area contributed by atoms with Crippen molar-refractivity contribution >= 4 is 14.1 Å². The van der Waals surface area contributed by atoms with Crippen LogP contribution in [0.3, 0.4) is 0 Å². The summed E-state index contributed by atoms with van der Waals surface area (Å²) in [7, 11) is 0. The highest BCUT2D eigenvalue weighted by molar-refractivity contribution is 6.60. The Labute approximate surface area is 70.4 Å². The van der Waals surface area contributed by atoms with Gasteiger partial charge in [-0.15, -0.1) is 0 Å². The normalized spacial score (nSPS) is 13.8. The van der Waals surface area contributed by atoms with Gasteiger partial charge in [-0.05, 0) is 0 Å². The first-order valence-electron chi connectivity index (χ1n) is 4.63. The molecular weight excluding hydrogens is 135 g/mol. The summed E-state index contributed by atoms with van der Waals surface area (Å²) in [4.78, 5) is 0. The van der Waals surface area contributed by atoms with Crippen LogP contribution in [0.5, 0.6) is 0 Å². The Morgan fingerprint density at radius 1 is 1.00 bits per heavy atom. The smallest absolute Gasteiger partial charge is 0.0965 e. The van der Waals surface area contributed by atoms with Crippen molar-refractivity contribution in [3.8, 4) is 0 Å². The first kappa shape index (κ1) is 10.5. The van der Waals surface area contributed by atoms with Crippen LogP contribution in [0.1, 0.15) is 34.6 Å². The van der Waals surface area contributed by atoms with Crippen LogP contribution in [0.2, 0.25) is 15.3 Å². The van der Waals surface area contributed by atoms with Gasteiger partial charge >= 0.3 is 0 Å². The van der Waals surface area contributed by atoms with Crippen LogP contribution in [0.15, 0.2) is 0 Å². The number of hydrogen-bond acceptors (Lipinski definition) is 0. The molecule has 0 spiro atoms. The van der Waals surface area contributed by atoms with Crippen molar-refractivity contribution in [3.63, 3.8) is 0 Å². The summed E-state index contributed by atoms with van der Waals surface area (Å²) < 4.78 is 1.04. The molecule has 0 saturated carbocycles. The average molecular weight is 156 g/mol. The van der Waals surface area contributed by atoms with E-state index in [4.69, 9.17) is 0 Å². The van der Waals surface area contributed by atoms with Gasteiger partial charge in [0, 0.05) is 0 Å². The maximum atomic E-state index is 2.44. The van der Waals surface area contributed by atoms with Crippen LogP contribution in [0, 0.1) is 5.92 Å². The Balaban J connectivity index is 3.76. The second kappa shape index (κ2) is 5.22. The molecule has 0 bridgehead atoms. The molecule has 0 aromatic heterocycles. The zero-order chi connectivity index (χ0) is 8.15. The lowest BCUT2D eigenvalue weighted by Crippen LogP contribution is -2.20. The largest absolute Gasteiger partial charge is 0.264 e. The van der Waals surface area contributed by atoms with E-state index >= 15 is 0 Å². The third kappa shape index (κ3) is 3.08. The van der Waals surface area contributed by atoms with E-state index in [1.165, 1.54) is 10.6 Å². The second-order valence-corrected chi connectivity index (χ2v) is 7.88. The summed E-state index contributed by atoms with van der Waals surface area (Å²) in [6.07, 6.45) is 0. The standard InChI is InChI=1S/C5H11.2C2H5.Al/c1-4-5(2)3;2*1-2;/h4-5H,1-3H3;2*1H2,2H3;. The minimum Gasteiger partial charge on any atom is -0.0965 e. The molecule has 1 unspecified atom stereocenters. The number of hydrogen-bond donors (Lipinski definition) is 0. The van der Waals surface area contributed by atoms with E-state index in [9.17, 15) is 0 Å². The van der Waals surface area contributed by atoms with Crippen molar-refractivity contribution in [1.29, 1.82) is 0 Å². The molecule has 0 saturated heterocycles. The van der Waals surface area contributed by atoms with Crippen molar-refractivity contribution < 1.29 is 0 Å². The SMILES string of the molecule is C[CH2][Al]([CH2]C)[CH](C)C(C)C. The molecule has 1 heteroatoms. The van der Waals surface area contributed by atoms with Gasteiger partial charge < -0.3 is 0 Å². The lowest BCUT2D eigenvalue weighted by atomic mass is 10.1. The second-order valence-electron chi connectivity index (χ2n) is 3.68. The monoisotopic (exact) mass is 156 g/mol. The van der Waals surface area contributed by atoms with Crippen LogP contribution in [0.25, 0.3) is 0 Å². The summed E-state index contributed by atoms with van der Waals surface area (Å²) >= 11 is -0.344. The van der Waals surface area contributed by atoms with E-state index in [0.29, 0.717) is 0 Å². The summed E-state index contributed by atoms with van der Waals surface area (Å²) in [5.74, 6) is 0.913. The topological polar surface area (TPSA) is 0 Å². The Morgan fingerprint density at radius 3 is 1.50 bits per heavy atom. The lowest BCUT2D eigenvalue weighted by molar-refractivity contribution is 0.609. The van der Waals surface area contributed by atoms with Gasteiger partial charge in [0.1, 0.15) is 0 Å². The summed E-state index contributed by atoms with van der Waals surface area (Å²) in [6.45, 7) is 11.9. The molecule has 0 aromatic rings. The van der Waals surface area contributed by atoms with Gasteiger partial charge in [0.2, 0.25) is 0 Å². The molecular formula is C9H21Al. The Bertz CT molecular complexity index is 74.8. The fourth-order valence-electron chi connectivity index (χ4n) is 1.58. The van der Waals surface area contributed by atoms with Crippen molar-refractivity contribution in [2.24, 2.45) is 5.92 Å². The van der Waals surface area contributed by atoms with Crippen molar-refractivity contribution in [1.82, 2.24) is 0 Å². The quantitative estimate of drug-likeness (QED) is 0.546. The van der Waals surface area contributed by atoms with Gasteiger partial charge in [0.05, 0.1) is 0 Å². The predicted octanol–water partition coefficient (Wildman–Crippen LogP) is 3.57. The van der Waals surface area contributed by atoms with Gasteiger partial charge in [0.15, 0.2) is 0 Å². The van der Waals surface area contributed by atoms with Crippen molar-refractivity contribution in [3.05, 3.63) is 0 Å². The molecule has 0 rings (SSSR count). The maximum Gasteiger partial charge on any atom is 0.264 e. The van der Waals surface area contributed by atoms with Gasteiger partial charge in [-0.2, -0.15) is 0 Å². The molecule has 60 valence electrons. The van der Waals surface area contributed by atoms with Crippen LogP contribution < -0.4 is 0 Å². The Kier molecular flexibility index (Phi) is 5.50. The summed E-state index contributed by atoms with van der Waals surface area (Å²) in [5, 5.41) is 2.96. The fraction of sp³-hybridized carbons (Fsp3) is 1.00. The molecule has 0 heterocycles. The van der Waals surface area contributed by atoms with Gasteiger partial charge in [-0.25, -0.2) is 0 Å². The predicted molar refractivity (Wildman–Crippen MR) is 51.0 cm³/mol. The van der Waals surface area contributed by atoms with E-state index < -0.39 is 0 Å². The minimum atomic E-state index is -0.344. The van der Waals surface area contributed by atoms with Crippen molar-refractivity contribution in [2.45, 2.75) is 50.0 Å². The van der Waals surface area contributed by atoms with Gasteiger partial charge in [-0.1, -0.05) is 55.9 Å². The van der Waals surface area contributed by atoms with E-state index in [-0.39, 0.29) is 14.1 Å². The zero-order valence-corrected chi connectivity index (χ0v) is 9.30. The maximum absolute atomic E-state index is 2.44. The van der Waals surface area contributed by atoms with Gasteiger partial charge in [-0.3, -0.25) is 0 Å². The van der Waals surface area contributed by atoms with Crippen LogP contribution in [0.4, 0.5) is 0 Å². The Hall–Kier alpha value is 0.532. The van der Waals surface area contributed by atoms with Crippen molar-refractivity contribution in [2.75, 3.05) is 0 Å². The molecule has 10 heavy (non-hydrogen) atoms. The molecule has 0 aliphatic heterocycles. The fourth-order valence-corrected chi connectivity index (χ4v) is 4.73. The molecule has 0 N–H and O–H groups in total.